The van der Waals surface area contributed by atoms with E-state index in [-0.39, 0.29) is 0 Å². The molecule has 0 aliphatic heterocycles. The smallest absolute Gasteiger partial charge is 0.142 e. The molecule has 0 fully saturated rings. The zero-order valence-corrected chi connectivity index (χ0v) is 18.9. The van der Waals surface area contributed by atoms with Crippen LogP contribution in [0.25, 0.3) is 0 Å². The second kappa shape index (κ2) is 9.05. The van der Waals surface area contributed by atoms with E-state index in [4.69, 9.17) is 16.3 Å². The van der Waals surface area contributed by atoms with Crippen molar-refractivity contribution in [1.29, 1.82) is 0 Å². The molecule has 5 heteroatoms. The molecular formula is C22H18Br2ClNO. The molecule has 3 aromatic carbocycles. The van der Waals surface area contributed by atoms with Crippen molar-refractivity contribution in [3.63, 3.8) is 0 Å². The fourth-order valence-corrected chi connectivity index (χ4v) is 4.01. The average molecular weight is 508 g/mol. The number of benzene rings is 3. The third kappa shape index (κ3) is 5.44. The van der Waals surface area contributed by atoms with Crippen LogP contribution >= 0.6 is 43.5 Å². The summed E-state index contributed by atoms with van der Waals surface area (Å²) in [6.07, 6.45) is 1.83. The Morgan fingerprint density at radius 3 is 2.41 bits per heavy atom. The molecule has 27 heavy (non-hydrogen) atoms. The third-order valence-electron chi connectivity index (χ3n) is 4.18. The molecular weight excluding hydrogens is 490 g/mol. The number of halogens is 3. The molecule has 0 heterocycles. The van der Waals surface area contributed by atoms with Crippen molar-refractivity contribution in [2.24, 2.45) is 4.99 Å². The standard InChI is InChI=1S/C22H18Br2ClNO/c1-14-3-8-20(9-15(14)2)26-12-17-10-18(23)11-21(24)22(17)27-13-16-4-6-19(25)7-5-16/h3-12H,13H2,1-2H3. The van der Waals surface area contributed by atoms with Gasteiger partial charge in [0.15, 0.2) is 0 Å². The second-order valence-electron chi connectivity index (χ2n) is 6.25. The Kier molecular flexibility index (Phi) is 6.74. The summed E-state index contributed by atoms with van der Waals surface area (Å²) in [4.78, 5) is 4.62. The van der Waals surface area contributed by atoms with Gasteiger partial charge in [0.05, 0.1) is 10.2 Å². The van der Waals surface area contributed by atoms with Crippen LogP contribution in [-0.4, -0.2) is 6.21 Å². The van der Waals surface area contributed by atoms with Gasteiger partial charge in [-0.25, -0.2) is 0 Å². The number of rotatable bonds is 5. The van der Waals surface area contributed by atoms with Crippen molar-refractivity contribution in [3.8, 4) is 5.75 Å². The zero-order chi connectivity index (χ0) is 19.4. The highest BCUT2D eigenvalue weighted by Gasteiger charge is 2.10. The number of aryl methyl sites for hydroxylation is 2. The number of hydrogen-bond donors (Lipinski definition) is 0. The minimum atomic E-state index is 0.446. The first-order valence-corrected chi connectivity index (χ1v) is 10.4. The van der Waals surface area contributed by atoms with Crippen LogP contribution in [0.15, 0.2) is 68.5 Å². The molecule has 0 saturated heterocycles. The fourth-order valence-electron chi connectivity index (χ4n) is 2.51. The van der Waals surface area contributed by atoms with Gasteiger partial charge in [-0.1, -0.05) is 45.7 Å². The summed E-state index contributed by atoms with van der Waals surface area (Å²) in [7, 11) is 0. The van der Waals surface area contributed by atoms with Crippen LogP contribution in [0, 0.1) is 13.8 Å². The normalized spacial score (nSPS) is 11.1. The molecule has 0 N–H and O–H groups in total. The third-order valence-corrected chi connectivity index (χ3v) is 5.48. The van der Waals surface area contributed by atoms with Gasteiger partial charge in [0.25, 0.3) is 0 Å². The van der Waals surface area contributed by atoms with Gasteiger partial charge in [0.1, 0.15) is 12.4 Å². The zero-order valence-electron chi connectivity index (χ0n) is 15.0. The Morgan fingerprint density at radius 2 is 1.70 bits per heavy atom. The lowest BCUT2D eigenvalue weighted by Gasteiger charge is -2.12. The lowest BCUT2D eigenvalue weighted by molar-refractivity contribution is 0.304. The van der Waals surface area contributed by atoms with Gasteiger partial charge in [-0.05, 0) is 82.9 Å². The summed E-state index contributed by atoms with van der Waals surface area (Å²) in [5.41, 5.74) is 5.33. The summed E-state index contributed by atoms with van der Waals surface area (Å²) >= 11 is 13.1. The monoisotopic (exact) mass is 505 g/mol. The second-order valence-corrected chi connectivity index (χ2v) is 8.45. The van der Waals surface area contributed by atoms with E-state index in [9.17, 15) is 0 Å². The first-order chi connectivity index (χ1) is 12.9. The van der Waals surface area contributed by atoms with Crippen molar-refractivity contribution < 1.29 is 4.74 Å². The van der Waals surface area contributed by atoms with E-state index in [2.05, 4.69) is 62.8 Å². The van der Waals surface area contributed by atoms with Gasteiger partial charge in [-0.2, -0.15) is 0 Å². The van der Waals surface area contributed by atoms with Gasteiger partial charge >= 0.3 is 0 Å². The molecule has 3 aromatic rings. The Morgan fingerprint density at radius 1 is 0.963 bits per heavy atom. The highest BCUT2D eigenvalue weighted by Crippen LogP contribution is 2.33. The summed E-state index contributed by atoms with van der Waals surface area (Å²) in [6.45, 7) is 4.63. The topological polar surface area (TPSA) is 21.6 Å². The van der Waals surface area contributed by atoms with Crippen molar-refractivity contribution in [2.75, 3.05) is 0 Å². The Balaban J connectivity index is 1.86. The molecule has 0 aliphatic rings. The number of ether oxygens (including phenoxy) is 1. The predicted molar refractivity (Wildman–Crippen MR) is 121 cm³/mol. The lowest BCUT2D eigenvalue weighted by atomic mass is 10.1. The van der Waals surface area contributed by atoms with Crippen molar-refractivity contribution in [2.45, 2.75) is 20.5 Å². The molecule has 0 aromatic heterocycles. The molecule has 0 unspecified atom stereocenters. The Hall–Kier alpha value is -1.62. The quantitative estimate of drug-likeness (QED) is 0.323. The largest absolute Gasteiger partial charge is 0.487 e. The van der Waals surface area contributed by atoms with Gasteiger partial charge < -0.3 is 4.74 Å². The van der Waals surface area contributed by atoms with Crippen molar-refractivity contribution >= 4 is 55.4 Å². The van der Waals surface area contributed by atoms with Crippen LogP contribution in [0.3, 0.4) is 0 Å². The van der Waals surface area contributed by atoms with Crippen molar-refractivity contribution in [3.05, 3.63) is 90.8 Å². The highest BCUT2D eigenvalue weighted by molar-refractivity contribution is 9.11. The molecule has 0 saturated carbocycles. The van der Waals surface area contributed by atoms with E-state index in [1.165, 1.54) is 11.1 Å². The van der Waals surface area contributed by atoms with Gasteiger partial charge in [0, 0.05) is 21.3 Å². The van der Waals surface area contributed by atoms with E-state index in [1.807, 2.05) is 48.7 Å². The van der Waals surface area contributed by atoms with Crippen LogP contribution in [0.5, 0.6) is 5.75 Å². The molecule has 2 nitrogen and oxygen atoms in total. The molecule has 0 amide bonds. The molecule has 0 atom stereocenters. The molecule has 0 spiro atoms. The van der Waals surface area contributed by atoms with E-state index in [0.717, 1.165) is 31.5 Å². The first kappa shape index (κ1) is 20.1. The Bertz CT molecular complexity index is 984. The maximum absolute atomic E-state index is 6.08. The molecule has 3 rings (SSSR count). The molecule has 0 aliphatic carbocycles. The predicted octanol–water partition coefficient (Wildman–Crippen LogP) is 7.81. The molecule has 0 bridgehead atoms. The number of nitrogens with zero attached hydrogens (tertiary/aromatic N) is 1. The minimum Gasteiger partial charge on any atom is -0.487 e. The molecule has 138 valence electrons. The summed E-state index contributed by atoms with van der Waals surface area (Å²) in [5, 5.41) is 0.713. The van der Waals surface area contributed by atoms with Crippen LogP contribution in [-0.2, 0) is 6.61 Å². The van der Waals surface area contributed by atoms with Gasteiger partial charge in [-0.3, -0.25) is 4.99 Å². The van der Waals surface area contributed by atoms with Crippen LogP contribution in [0.2, 0.25) is 5.02 Å². The molecule has 0 radical (unpaired) electrons. The first-order valence-electron chi connectivity index (χ1n) is 8.40. The maximum Gasteiger partial charge on any atom is 0.142 e. The van der Waals surface area contributed by atoms with Gasteiger partial charge in [-0.15, -0.1) is 0 Å². The highest BCUT2D eigenvalue weighted by atomic mass is 79.9. The van der Waals surface area contributed by atoms with Crippen LogP contribution < -0.4 is 4.74 Å². The summed E-state index contributed by atoms with van der Waals surface area (Å²) < 4.78 is 7.90. The summed E-state index contributed by atoms with van der Waals surface area (Å²) in [6, 6.07) is 17.8. The lowest BCUT2D eigenvalue weighted by Crippen LogP contribution is -1.99. The average Bonchev–Trinajstić information content (AvgIpc) is 2.63. The van der Waals surface area contributed by atoms with Gasteiger partial charge in [0.2, 0.25) is 0 Å². The Labute approximate surface area is 181 Å². The summed E-state index contributed by atoms with van der Waals surface area (Å²) in [5.74, 6) is 0.751. The van der Waals surface area contributed by atoms with E-state index >= 15 is 0 Å². The fraction of sp³-hybridized carbons (Fsp3) is 0.136. The minimum absolute atomic E-state index is 0.446. The van der Waals surface area contributed by atoms with Crippen LogP contribution in [0.4, 0.5) is 5.69 Å². The number of hydrogen-bond acceptors (Lipinski definition) is 2. The van der Waals surface area contributed by atoms with E-state index in [1.54, 1.807) is 0 Å². The van der Waals surface area contributed by atoms with E-state index < -0.39 is 0 Å². The number of aliphatic imine (C=N–C) groups is 1. The maximum atomic E-state index is 6.08. The SMILES string of the molecule is Cc1ccc(N=Cc2cc(Br)cc(Br)c2OCc2ccc(Cl)cc2)cc1C. The van der Waals surface area contributed by atoms with E-state index in [0.29, 0.717) is 11.6 Å². The van der Waals surface area contributed by atoms with Crippen LogP contribution in [0.1, 0.15) is 22.3 Å². The van der Waals surface area contributed by atoms with Crippen molar-refractivity contribution in [1.82, 2.24) is 0 Å².